The second kappa shape index (κ2) is 12.4. The number of hydrogen-bond acceptors (Lipinski definition) is 9. The zero-order valence-electron chi connectivity index (χ0n) is 23.0. The van der Waals surface area contributed by atoms with Crippen molar-refractivity contribution in [1.29, 1.82) is 0 Å². The first kappa shape index (κ1) is 27.6. The van der Waals surface area contributed by atoms with Gasteiger partial charge in [-0.25, -0.2) is 24.9 Å². The SMILES string of the molecule is CCSc1ccc(CN/C(C=O)=N/c2c(C)nc(-c3c(C)ncnc3C3CC3)nc2N(C)[C@@H](C)CC)nc1. The molecular weight excluding hydrogens is 496 g/mol. The number of rotatable bonds is 11. The first-order valence-corrected chi connectivity index (χ1v) is 14.1. The first-order chi connectivity index (χ1) is 18.4. The largest absolute Gasteiger partial charge is 0.362 e. The fourth-order valence-corrected chi connectivity index (χ4v) is 4.76. The van der Waals surface area contributed by atoms with Crippen molar-refractivity contribution in [3.05, 3.63) is 47.4 Å². The molecule has 0 spiro atoms. The van der Waals surface area contributed by atoms with Crippen LogP contribution in [-0.4, -0.2) is 55.9 Å². The van der Waals surface area contributed by atoms with Gasteiger partial charge >= 0.3 is 0 Å². The topological polar surface area (TPSA) is 109 Å². The lowest BCUT2D eigenvalue weighted by Crippen LogP contribution is -2.30. The second-order valence-corrected chi connectivity index (χ2v) is 10.9. The lowest BCUT2D eigenvalue weighted by atomic mass is 10.1. The molecule has 1 atom stereocenters. The number of nitrogens with one attached hydrogen (secondary N) is 1. The van der Waals surface area contributed by atoms with Crippen LogP contribution in [0.1, 0.15) is 68.7 Å². The minimum atomic E-state index is 0.204. The Morgan fingerprint density at radius 3 is 2.61 bits per heavy atom. The third-order valence-electron chi connectivity index (χ3n) is 6.78. The molecule has 0 bridgehead atoms. The van der Waals surface area contributed by atoms with Crippen molar-refractivity contribution in [1.82, 2.24) is 30.2 Å². The van der Waals surface area contributed by atoms with Crippen molar-refractivity contribution in [3.63, 3.8) is 0 Å². The van der Waals surface area contributed by atoms with Gasteiger partial charge in [0.15, 0.2) is 23.8 Å². The van der Waals surface area contributed by atoms with E-state index in [4.69, 9.17) is 15.0 Å². The van der Waals surface area contributed by atoms with Crippen LogP contribution in [0.15, 0.2) is 34.5 Å². The number of aryl methyl sites for hydroxylation is 2. The number of aldehydes is 1. The van der Waals surface area contributed by atoms with Gasteiger partial charge in [-0.15, -0.1) is 11.8 Å². The van der Waals surface area contributed by atoms with E-state index in [9.17, 15) is 4.79 Å². The molecule has 0 unspecified atom stereocenters. The molecule has 1 aliphatic carbocycles. The molecule has 3 aromatic heterocycles. The van der Waals surface area contributed by atoms with Gasteiger partial charge in [0.05, 0.1) is 34.9 Å². The smallest absolute Gasteiger partial charge is 0.185 e. The van der Waals surface area contributed by atoms with Crippen LogP contribution in [0.5, 0.6) is 0 Å². The number of aliphatic imine (C=N–C) groups is 1. The average molecular weight is 533 g/mol. The van der Waals surface area contributed by atoms with Crippen molar-refractivity contribution in [3.8, 4) is 11.4 Å². The fourth-order valence-electron chi connectivity index (χ4n) is 4.13. The quantitative estimate of drug-likeness (QED) is 0.154. The Bertz CT molecular complexity index is 1310. The van der Waals surface area contributed by atoms with Crippen LogP contribution in [0.4, 0.5) is 11.5 Å². The molecule has 1 fully saturated rings. The van der Waals surface area contributed by atoms with Crippen LogP contribution in [0.2, 0.25) is 0 Å². The van der Waals surface area contributed by atoms with E-state index in [1.54, 1.807) is 18.1 Å². The molecule has 1 N–H and O–H groups in total. The van der Waals surface area contributed by atoms with Crippen molar-refractivity contribution in [2.24, 2.45) is 4.99 Å². The standard InChI is InChI=1S/C28H36N8OS/c1-7-17(3)36(6)28-25(34-23(15-37)30-13-21-11-12-22(14-29-21)38-8-2)19(5)33-27(35-28)24-18(4)31-16-32-26(24)20-9-10-20/h11-12,14-17,20H,7-10,13H2,1-6H3,(H,30,34)/t17-/m0/s1. The molecule has 0 aliphatic heterocycles. The molecule has 3 heterocycles. The Balaban J connectivity index is 1.71. The summed E-state index contributed by atoms with van der Waals surface area (Å²) in [4.78, 5) is 43.3. The highest BCUT2D eigenvalue weighted by atomic mass is 32.2. The summed E-state index contributed by atoms with van der Waals surface area (Å²) < 4.78 is 0. The number of carbonyl (C=O) groups excluding carboxylic acids is 1. The van der Waals surface area contributed by atoms with Crippen molar-refractivity contribution >= 4 is 35.4 Å². The average Bonchev–Trinajstić information content (AvgIpc) is 3.77. The zero-order chi connectivity index (χ0) is 27.2. The fraction of sp³-hybridized carbons (Fsp3) is 0.464. The molecule has 3 aromatic rings. The Morgan fingerprint density at radius 2 is 1.97 bits per heavy atom. The van der Waals surface area contributed by atoms with Gasteiger partial charge in [-0.1, -0.05) is 13.8 Å². The number of pyridine rings is 1. The third kappa shape index (κ3) is 6.35. The normalized spacial score (nSPS) is 14.3. The van der Waals surface area contributed by atoms with E-state index < -0.39 is 0 Å². The number of aromatic nitrogens is 5. The Hall–Kier alpha value is -3.40. The monoisotopic (exact) mass is 532 g/mol. The molecule has 0 saturated heterocycles. The van der Waals surface area contributed by atoms with Crippen molar-refractivity contribution in [2.45, 2.75) is 77.3 Å². The summed E-state index contributed by atoms with van der Waals surface area (Å²) in [5.41, 5.74) is 4.85. The third-order valence-corrected chi connectivity index (χ3v) is 7.65. The van der Waals surface area contributed by atoms with Gasteiger partial charge < -0.3 is 10.2 Å². The summed E-state index contributed by atoms with van der Waals surface area (Å²) in [6, 6.07) is 4.20. The Morgan fingerprint density at radius 1 is 1.18 bits per heavy atom. The lowest BCUT2D eigenvalue weighted by Gasteiger charge is -2.27. The summed E-state index contributed by atoms with van der Waals surface area (Å²) in [6.45, 7) is 10.6. The van der Waals surface area contributed by atoms with E-state index in [2.05, 4.69) is 45.9 Å². The Kier molecular flexibility index (Phi) is 9.04. The molecule has 0 radical (unpaired) electrons. The van der Waals surface area contributed by atoms with E-state index >= 15 is 0 Å². The van der Waals surface area contributed by atoms with Gasteiger partial charge in [-0.3, -0.25) is 9.78 Å². The molecule has 0 aromatic carbocycles. The second-order valence-electron chi connectivity index (χ2n) is 9.55. The number of carbonyl (C=O) groups is 1. The van der Waals surface area contributed by atoms with E-state index in [1.165, 1.54) is 0 Å². The van der Waals surface area contributed by atoms with Gasteiger partial charge in [0, 0.05) is 30.1 Å². The van der Waals surface area contributed by atoms with Gasteiger partial charge in [0.1, 0.15) is 12.0 Å². The van der Waals surface area contributed by atoms with Crippen LogP contribution in [0.25, 0.3) is 11.4 Å². The molecule has 200 valence electrons. The minimum absolute atomic E-state index is 0.204. The summed E-state index contributed by atoms with van der Waals surface area (Å²) in [6.07, 6.45) is 7.36. The van der Waals surface area contributed by atoms with Crippen LogP contribution >= 0.6 is 11.8 Å². The number of amidine groups is 1. The van der Waals surface area contributed by atoms with Crippen LogP contribution in [0.3, 0.4) is 0 Å². The highest BCUT2D eigenvalue weighted by molar-refractivity contribution is 7.99. The number of anilines is 1. The molecule has 1 aliphatic rings. The van der Waals surface area contributed by atoms with E-state index in [0.29, 0.717) is 35.5 Å². The van der Waals surface area contributed by atoms with Crippen molar-refractivity contribution in [2.75, 3.05) is 17.7 Å². The van der Waals surface area contributed by atoms with E-state index in [0.717, 1.165) is 58.8 Å². The molecular formula is C28H36N8OS. The number of thioether (sulfide) groups is 1. The predicted molar refractivity (Wildman–Crippen MR) is 153 cm³/mol. The van der Waals surface area contributed by atoms with Gasteiger partial charge in [-0.2, -0.15) is 0 Å². The number of hydrogen-bond donors (Lipinski definition) is 1. The van der Waals surface area contributed by atoms with Crippen molar-refractivity contribution < 1.29 is 4.79 Å². The first-order valence-electron chi connectivity index (χ1n) is 13.1. The molecule has 0 amide bonds. The maximum Gasteiger partial charge on any atom is 0.185 e. The molecule has 38 heavy (non-hydrogen) atoms. The molecule has 1 saturated carbocycles. The van der Waals surface area contributed by atoms with Gasteiger partial charge in [0.2, 0.25) is 0 Å². The number of nitrogens with zero attached hydrogens (tertiary/aromatic N) is 7. The van der Waals surface area contributed by atoms with Gasteiger partial charge in [0.25, 0.3) is 0 Å². The summed E-state index contributed by atoms with van der Waals surface area (Å²) in [5, 5.41) is 3.13. The van der Waals surface area contributed by atoms with E-state index in [1.807, 2.05) is 39.2 Å². The maximum atomic E-state index is 12.0. The summed E-state index contributed by atoms with van der Waals surface area (Å²) >= 11 is 1.74. The van der Waals surface area contributed by atoms with Crippen LogP contribution < -0.4 is 10.2 Å². The van der Waals surface area contributed by atoms with Crippen LogP contribution in [0, 0.1) is 13.8 Å². The minimum Gasteiger partial charge on any atom is -0.362 e. The summed E-state index contributed by atoms with van der Waals surface area (Å²) in [5.74, 6) is 2.90. The van der Waals surface area contributed by atoms with Gasteiger partial charge in [-0.05, 0) is 57.9 Å². The Labute approximate surface area is 229 Å². The molecule has 9 nitrogen and oxygen atoms in total. The highest BCUT2D eigenvalue weighted by Crippen LogP contribution is 2.44. The van der Waals surface area contributed by atoms with E-state index in [-0.39, 0.29) is 11.9 Å². The molecule has 10 heteroatoms. The highest BCUT2D eigenvalue weighted by Gasteiger charge is 2.31. The van der Waals surface area contributed by atoms with Crippen LogP contribution in [-0.2, 0) is 11.3 Å². The lowest BCUT2D eigenvalue weighted by molar-refractivity contribution is -0.102. The molecule has 4 rings (SSSR count). The summed E-state index contributed by atoms with van der Waals surface area (Å²) in [7, 11) is 2.00. The zero-order valence-corrected chi connectivity index (χ0v) is 23.8. The predicted octanol–water partition coefficient (Wildman–Crippen LogP) is 5.19. The maximum absolute atomic E-state index is 12.0.